The molecule has 0 bridgehead atoms. The van der Waals surface area contributed by atoms with Crippen LogP contribution < -0.4 is 10.6 Å². The van der Waals surface area contributed by atoms with Crippen LogP contribution in [0.4, 0.5) is 0 Å². The van der Waals surface area contributed by atoms with Gasteiger partial charge in [-0.05, 0) is 82.9 Å². The standard InChI is InChI=1S/C20H22Br2N2O4.Co/c1-11(15-7-13(25)9-17(21)19(15)27)23-5-3-4-6-24-12(2)16-8-14(26)10-18(22)20(16)28;/h7-10,23-26H,3-6H2,1-2H3;/b15-11-,16-12-;. The molecule has 4 N–H and O–H groups in total. The second kappa shape index (κ2) is 11.6. The predicted molar refractivity (Wildman–Crippen MR) is 116 cm³/mol. The summed E-state index contributed by atoms with van der Waals surface area (Å²) in [6, 6.07) is 0. The number of allylic oxidation sites excluding steroid dienone is 10. The van der Waals surface area contributed by atoms with Gasteiger partial charge >= 0.3 is 0 Å². The van der Waals surface area contributed by atoms with Crippen molar-refractivity contribution in [1.29, 1.82) is 0 Å². The van der Waals surface area contributed by atoms with Gasteiger partial charge in [-0.15, -0.1) is 0 Å². The van der Waals surface area contributed by atoms with Crippen LogP contribution in [0.15, 0.2) is 67.3 Å². The van der Waals surface area contributed by atoms with Crippen molar-refractivity contribution in [3.63, 3.8) is 0 Å². The van der Waals surface area contributed by atoms with Crippen molar-refractivity contribution in [3.8, 4) is 0 Å². The Labute approximate surface area is 197 Å². The largest absolute Gasteiger partial charge is 0.508 e. The molecule has 0 heterocycles. The van der Waals surface area contributed by atoms with Crippen LogP contribution in [-0.2, 0) is 26.4 Å². The number of hydrogen-bond donors (Lipinski definition) is 4. The number of nitrogens with one attached hydrogen (secondary N) is 2. The molecule has 0 aromatic heterocycles. The van der Waals surface area contributed by atoms with Gasteiger partial charge in [0.1, 0.15) is 11.5 Å². The molecule has 0 fully saturated rings. The number of rotatable bonds is 7. The Morgan fingerprint density at radius 2 is 1.14 bits per heavy atom. The van der Waals surface area contributed by atoms with Gasteiger partial charge < -0.3 is 20.8 Å². The average molecular weight is 573 g/mol. The van der Waals surface area contributed by atoms with E-state index in [1.807, 2.05) is 0 Å². The molecule has 9 heteroatoms. The molecule has 0 aliphatic heterocycles. The Morgan fingerprint density at radius 3 is 1.48 bits per heavy atom. The van der Waals surface area contributed by atoms with Gasteiger partial charge in [0, 0.05) is 52.4 Å². The van der Waals surface area contributed by atoms with Gasteiger partial charge in [-0.3, -0.25) is 9.59 Å². The zero-order valence-corrected chi connectivity index (χ0v) is 20.2. The smallest absolute Gasteiger partial charge is 0.201 e. The monoisotopic (exact) mass is 571 g/mol. The van der Waals surface area contributed by atoms with Crippen LogP contribution in [0.25, 0.3) is 0 Å². The minimum absolute atomic E-state index is 0. The first kappa shape index (κ1) is 25.5. The second-order valence-electron chi connectivity index (χ2n) is 6.42. The van der Waals surface area contributed by atoms with E-state index >= 15 is 0 Å². The fourth-order valence-corrected chi connectivity index (χ4v) is 3.60. The molecule has 2 rings (SSSR count). The Bertz CT molecular complexity index is 811. The van der Waals surface area contributed by atoms with Gasteiger partial charge in [-0.2, -0.15) is 0 Å². The minimum atomic E-state index is -0.166. The quantitative estimate of drug-likeness (QED) is 0.271. The Kier molecular flexibility index (Phi) is 10.2. The van der Waals surface area contributed by atoms with Crippen molar-refractivity contribution < 1.29 is 36.6 Å². The molecule has 0 unspecified atom stereocenters. The number of carbonyl (C=O) groups is 2. The van der Waals surface area contributed by atoms with Crippen LogP contribution in [0.5, 0.6) is 0 Å². The number of unbranched alkanes of at least 4 members (excludes halogenated alkanes) is 1. The summed E-state index contributed by atoms with van der Waals surface area (Å²) in [5.41, 5.74) is 2.29. The first-order valence-corrected chi connectivity index (χ1v) is 10.3. The Balaban J connectivity index is 0.00000420. The first-order chi connectivity index (χ1) is 13.2. The summed E-state index contributed by atoms with van der Waals surface area (Å²) < 4.78 is 0.658. The maximum Gasteiger partial charge on any atom is 0.201 e. The molecule has 0 atom stereocenters. The molecule has 0 saturated heterocycles. The Morgan fingerprint density at radius 1 is 0.793 bits per heavy atom. The van der Waals surface area contributed by atoms with Crippen molar-refractivity contribution in [1.82, 2.24) is 10.6 Å². The molecule has 1 radical (unpaired) electrons. The van der Waals surface area contributed by atoms with Gasteiger partial charge in [-0.25, -0.2) is 0 Å². The normalized spacial score (nSPS) is 20.0. The van der Waals surface area contributed by atoms with E-state index in [2.05, 4.69) is 42.5 Å². The van der Waals surface area contributed by atoms with Gasteiger partial charge in [0.15, 0.2) is 0 Å². The SMILES string of the molecule is C/C(NCCCCN/C(C)=C1/C=C(O)C=C(Br)C1=O)=C1\C=C(O)C=C(Br)C1=O.[Co]. The number of ketones is 2. The van der Waals surface area contributed by atoms with Crippen LogP contribution in [-0.4, -0.2) is 34.9 Å². The van der Waals surface area contributed by atoms with Crippen LogP contribution >= 0.6 is 31.9 Å². The molecule has 0 amide bonds. The van der Waals surface area contributed by atoms with E-state index in [-0.39, 0.29) is 39.9 Å². The van der Waals surface area contributed by atoms with E-state index in [9.17, 15) is 19.8 Å². The summed E-state index contributed by atoms with van der Waals surface area (Å²) >= 11 is 6.30. The zero-order chi connectivity index (χ0) is 20.8. The molecule has 2 aliphatic carbocycles. The summed E-state index contributed by atoms with van der Waals surface area (Å²) in [6.07, 6.45) is 7.34. The van der Waals surface area contributed by atoms with Crippen LogP contribution in [0, 0.1) is 0 Å². The number of aliphatic hydroxyl groups is 2. The van der Waals surface area contributed by atoms with Crippen molar-refractivity contribution >= 4 is 43.4 Å². The summed E-state index contributed by atoms with van der Waals surface area (Å²) in [4.78, 5) is 24.2. The van der Waals surface area contributed by atoms with E-state index < -0.39 is 0 Å². The third-order valence-corrected chi connectivity index (χ3v) is 5.43. The third-order valence-electron chi connectivity index (χ3n) is 4.25. The minimum Gasteiger partial charge on any atom is -0.508 e. The van der Waals surface area contributed by atoms with Gasteiger partial charge in [0.05, 0.1) is 8.96 Å². The van der Waals surface area contributed by atoms with E-state index in [0.717, 1.165) is 12.8 Å². The van der Waals surface area contributed by atoms with E-state index in [1.54, 1.807) is 13.8 Å². The summed E-state index contributed by atoms with van der Waals surface area (Å²) in [6.45, 7) is 4.94. The number of carbonyl (C=O) groups excluding carboxylic acids is 2. The van der Waals surface area contributed by atoms with E-state index in [0.29, 0.717) is 44.6 Å². The zero-order valence-electron chi connectivity index (χ0n) is 15.9. The number of hydrogen-bond acceptors (Lipinski definition) is 6. The number of Topliss-reactive ketones (excluding diaryl/α,β-unsaturated/α-hetero) is 2. The molecule has 0 aromatic rings. The maximum atomic E-state index is 12.1. The molecule has 159 valence electrons. The van der Waals surface area contributed by atoms with E-state index in [1.165, 1.54) is 24.3 Å². The molecule has 0 spiro atoms. The van der Waals surface area contributed by atoms with Crippen molar-refractivity contribution in [2.75, 3.05) is 13.1 Å². The molecular formula is C20H22Br2CoN2O4. The number of halogens is 2. The van der Waals surface area contributed by atoms with Crippen LogP contribution in [0.2, 0.25) is 0 Å². The van der Waals surface area contributed by atoms with E-state index in [4.69, 9.17) is 0 Å². The van der Waals surface area contributed by atoms with Gasteiger partial charge in [0.2, 0.25) is 11.6 Å². The molecule has 0 aromatic carbocycles. The summed E-state index contributed by atoms with van der Waals surface area (Å²) in [5.74, 6) is -0.260. The summed E-state index contributed by atoms with van der Waals surface area (Å²) in [7, 11) is 0. The molecule has 6 nitrogen and oxygen atoms in total. The fourth-order valence-electron chi connectivity index (χ4n) is 2.71. The van der Waals surface area contributed by atoms with Crippen molar-refractivity contribution in [2.45, 2.75) is 26.7 Å². The first-order valence-electron chi connectivity index (χ1n) is 8.75. The summed E-state index contributed by atoms with van der Waals surface area (Å²) in [5, 5.41) is 25.7. The predicted octanol–water partition coefficient (Wildman–Crippen LogP) is 4.10. The van der Waals surface area contributed by atoms with Crippen molar-refractivity contribution in [2.24, 2.45) is 0 Å². The van der Waals surface area contributed by atoms with Gasteiger partial charge in [0.25, 0.3) is 0 Å². The third kappa shape index (κ3) is 7.02. The fraction of sp³-hybridized carbons (Fsp3) is 0.300. The Hall–Kier alpha value is -1.55. The van der Waals surface area contributed by atoms with Crippen LogP contribution in [0.1, 0.15) is 26.7 Å². The molecule has 2 aliphatic rings. The molecular weight excluding hydrogens is 551 g/mol. The topological polar surface area (TPSA) is 98.7 Å². The second-order valence-corrected chi connectivity index (χ2v) is 8.13. The maximum absolute atomic E-state index is 12.1. The van der Waals surface area contributed by atoms with Crippen LogP contribution in [0.3, 0.4) is 0 Å². The molecule has 29 heavy (non-hydrogen) atoms. The van der Waals surface area contributed by atoms with Gasteiger partial charge in [-0.1, -0.05) is 0 Å². The number of aliphatic hydroxyl groups excluding tert-OH is 2. The molecule has 0 saturated carbocycles. The average Bonchev–Trinajstić information content (AvgIpc) is 2.63. The van der Waals surface area contributed by atoms with Crippen molar-refractivity contribution in [3.05, 3.63) is 67.3 Å².